The van der Waals surface area contributed by atoms with Crippen molar-refractivity contribution in [2.75, 3.05) is 5.73 Å². The van der Waals surface area contributed by atoms with Gasteiger partial charge < -0.3 is 5.73 Å². The van der Waals surface area contributed by atoms with Crippen LogP contribution in [-0.4, -0.2) is 9.55 Å². The zero-order chi connectivity index (χ0) is 13.6. The maximum absolute atomic E-state index is 14.1. The smallest absolute Gasteiger partial charge is 0.206 e. The summed E-state index contributed by atoms with van der Waals surface area (Å²) in [5.74, 6) is -0.0322. The van der Waals surface area contributed by atoms with Gasteiger partial charge in [0, 0.05) is 4.47 Å². The number of halogens is 2. The van der Waals surface area contributed by atoms with Crippen LogP contribution >= 0.6 is 15.9 Å². The average Bonchev–Trinajstić information content (AvgIpc) is 2.65. The van der Waals surface area contributed by atoms with Crippen LogP contribution in [-0.2, 0) is 0 Å². The van der Waals surface area contributed by atoms with Crippen LogP contribution in [0.25, 0.3) is 16.7 Å². The number of fused-ring (bicyclic) bond motifs is 1. The molecule has 5 heteroatoms. The topological polar surface area (TPSA) is 43.8 Å². The number of para-hydroxylation sites is 1. The van der Waals surface area contributed by atoms with Crippen molar-refractivity contribution in [3.05, 3.63) is 52.3 Å². The van der Waals surface area contributed by atoms with Crippen molar-refractivity contribution in [2.45, 2.75) is 6.92 Å². The quantitative estimate of drug-likeness (QED) is 0.741. The highest BCUT2D eigenvalue weighted by Gasteiger charge is 2.15. The monoisotopic (exact) mass is 319 g/mol. The molecule has 0 aliphatic heterocycles. The van der Waals surface area contributed by atoms with E-state index in [-0.39, 0.29) is 11.8 Å². The van der Waals surface area contributed by atoms with E-state index in [1.54, 1.807) is 10.6 Å². The fourth-order valence-electron chi connectivity index (χ4n) is 2.21. The third-order valence-corrected chi connectivity index (χ3v) is 3.55. The van der Waals surface area contributed by atoms with Gasteiger partial charge in [0.25, 0.3) is 0 Å². The van der Waals surface area contributed by atoms with Gasteiger partial charge in [0.15, 0.2) is 0 Å². The second-order valence-electron chi connectivity index (χ2n) is 4.34. The van der Waals surface area contributed by atoms with Crippen molar-refractivity contribution in [1.29, 1.82) is 0 Å². The highest BCUT2D eigenvalue weighted by atomic mass is 79.9. The van der Waals surface area contributed by atoms with Crippen LogP contribution in [0, 0.1) is 12.7 Å². The largest absolute Gasteiger partial charge is 0.369 e. The Morgan fingerprint density at radius 3 is 2.79 bits per heavy atom. The van der Waals surface area contributed by atoms with Gasteiger partial charge in [0.05, 0.1) is 16.7 Å². The molecular weight excluding hydrogens is 309 g/mol. The molecule has 1 heterocycles. The van der Waals surface area contributed by atoms with Crippen LogP contribution in [0.4, 0.5) is 10.3 Å². The zero-order valence-electron chi connectivity index (χ0n) is 10.2. The van der Waals surface area contributed by atoms with E-state index in [0.29, 0.717) is 5.69 Å². The fraction of sp³-hybridized carbons (Fsp3) is 0.0714. The van der Waals surface area contributed by atoms with Crippen LogP contribution in [0.3, 0.4) is 0 Å². The molecule has 0 saturated carbocycles. The minimum atomic E-state index is -0.311. The van der Waals surface area contributed by atoms with E-state index in [0.717, 1.165) is 21.1 Å². The van der Waals surface area contributed by atoms with Crippen LogP contribution in [0.5, 0.6) is 0 Å². The molecule has 0 saturated heterocycles. The SMILES string of the molecule is Cc1cccc(F)c1-n1c(N)nc2cc(Br)ccc21. The summed E-state index contributed by atoms with van der Waals surface area (Å²) < 4.78 is 16.6. The molecule has 19 heavy (non-hydrogen) atoms. The molecular formula is C14H11BrFN3. The Labute approximate surface area is 118 Å². The third kappa shape index (κ3) is 1.90. The van der Waals surface area contributed by atoms with Crippen molar-refractivity contribution in [1.82, 2.24) is 9.55 Å². The first kappa shape index (κ1) is 12.2. The predicted octanol–water partition coefficient (Wildman–Crippen LogP) is 3.82. The molecule has 0 atom stereocenters. The van der Waals surface area contributed by atoms with E-state index in [4.69, 9.17) is 5.73 Å². The number of nitrogens with two attached hydrogens (primary N) is 1. The fourth-order valence-corrected chi connectivity index (χ4v) is 2.56. The summed E-state index contributed by atoms with van der Waals surface area (Å²) in [6, 6.07) is 10.6. The van der Waals surface area contributed by atoms with Crippen molar-refractivity contribution < 1.29 is 4.39 Å². The first-order valence-corrected chi connectivity index (χ1v) is 6.56. The number of nitrogens with zero attached hydrogens (tertiary/aromatic N) is 2. The number of imidazole rings is 1. The van der Waals surface area contributed by atoms with Gasteiger partial charge in [-0.3, -0.25) is 4.57 Å². The van der Waals surface area contributed by atoms with Gasteiger partial charge in [-0.25, -0.2) is 9.37 Å². The molecule has 0 fully saturated rings. The molecule has 0 spiro atoms. The van der Waals surface area contributed by atoms with Crippen LogP contribution in [0.15, 0.2) is 40.9 Å². The molecule has 0 aliphatic rings. The summed E-state index contributed by atoms with van der Waals surface area (Å²) >= 11 is 3.39. The Bertz CT molecular complexity index is 759. The summed E-state index contributed by atoms with van der Waals surface area (Å²) in [5.41, 5.74) is 8.72. The lowest BCUT2D eigenvalue weighted by molar-refractivity contribution is 0.618. The van der Waals surface area contributed by atoms with Crippen molar-refractivity contribution in [3.8, 4) is 5.69 Å². The Balaban J connectivity index is 2.40. The number of hydrogen-bond donors (Lipinski definition) is 1. The van der Waals surface area contributed by atoms with Gasteiger partial charge in [-0.2, -0.15) is 0 Å². The number of hydrogen-bond acceptors (Lipinski definition) is 2. The maximum Gasteiger partial charge on any atom is 0.206 e. The molecule has 0 bridgehead atoms. The van der Waals surface area contributed by atoms with Gasteiger partial charge in [-0.05, 0) is 36.8 Å². The maximum atomic E-state index is 14.1. The molecule has 0 amide bonds. The highest BCUT2D eigenvalue weighted by molar-refractivity contribution is 9.10. The predicted molar refractivity (Wildman–Crippen MR) is 77.9 cm³/mol. The number of anilines is 1. The number of nitrogen functional groups attached to an aromatic ring is 1. The Morgan fingerprint density at radius 2 is 2.05 bits per heavy atom. The first-order valence-electron chi connectivity index (χ1n) is 5.77. The standard InChI is InChI=1S/C14H11BrFN3/c1-8-3-2-4-10(16)13(8)19-12-6-5-9(15)7-11(12)18-14(19)17/h2-7H,1H3,(H2,17,18). The number of benzene rings is 2. The summed E-state index contributed by atoms with van der Waals surface area (Å²) in [6.07, 6.45) is 0. The van der Waals surface area contributed by atoms with Crippen molar-refractivity contribution in [2.24, 2.45) is 0 Å². The normalized spacial score (nSPS) is 11.1. The molecule has 0 unspecified atom stereocenters. The van der Waals surface area contributed by atoms with Crippen LogP contribution in [0.2, 0.25) is 0 Å². The Morgan fingerprint density at radius 1 is 1.26 bits per heavy atom. The lowest BCUT2D eigenvalue weighted by Crippen LogP contribution is -2.04. The zero-order valence-corrected chi connectivity index (χ0v) is 11.8. The van der Waals surface area contributed by atoms with Crippen LogP contribution in [0.1, 0.15) is 5.56 Å². The molecule has 3 rings (SSSR count). The van der Waals surface area contributed by atoms with Crippen LogP contribution < -0.4 is 5.73 Å². The molecule has 2 aromatic carbocycles. The van der Waals surface area contributed by atoms with E-state index in [9.17, 15) is 4.39 Å². The van der Waals surface area contributed by atoms with Gasteiger partial charge in [0.2, 0.25) is 5.95 Å². The van der Waals surface area contributed by atoms with Gasteiger partial charge in [0.1, 0.15) is 5.82 Å². The Hall–Kier alpha value is -1.88. The molecule has 1 aromatic heterocycles. The minimum absolute atomic E-state index is 0.279. The van der Waals surface area contributed by atoms with Crippen molar-refractivity contribution in [3.63, 3.8) is 0 Å². The molecule has 3 aromatic rings. The summed E-state index contributed by atoms with van der Waals surface area (Å²) in [7, 11) is 0. The second-order valence-corrected chi connectivity index (χ2v) is 5.26. The summed E-state index contributed by atoms with van der Waals surface area (Å²) in [6.45, 7) is 1.85. The third-order valence-electron chi connectivity index (χ3n) is 3.05. The van der Waals surface area contributed by atoms with Gasteiger partial charge >= 0.3 is 0 Å². The van der Waals surface area contributed by atoms with E-state index in [1.165, 1.54) is 6.07 Å². The number of aromatic nitrogens is 2. The second kappa shape index (κ2) is 4.35. The average molecular weight is 320 g/mol. The van der Waals surface area contributed by atoms with Gasteiger partial charge in [-0.1, -0.05) is 28.1 Å². The summed E-state index contributed by atoms with van der Waals surface area (Å²) in [4.78, 5) is 4.28. The lowest BCUT2D eigenvalue weighted by atomic mass is 10.2. The molecule has 0 aliphatic carbocycles. The van der Waals surface area contributed by atoms with Gasteiger partial charge in [-0.15, -0.1) is 0 Å². The summed E-state index contributed by atoms with van der Waals surface area (Å²) in [5, 5.41) is 0. The molecule has 2 N–H and O–H groups in total. The number of aryl methyl sites for hydroxylation is 1. The molecule has 3 nitrogen and oxygen atoms in total. The Kier molecular flexibility index (Phi) is 2.78. The highest BCUT2D eigenvalue weighted by Crippen LogP contribution is 2.28. The number of rotatable bonds is 1. The minimum Gasteiger partial charge on any atom is -0.369 e. The lowest BCUT2D eigenvalue weighted by Gasteiger charge is -2.10. The molecule has 96 valence electrons. The van der Waals surface area contributed by atoms with E-state index >= 15 is 0 Å². The van der Waals surface area contributed by atoms with E-state index in [2.05, 4.69) is 20.9 Å². The van der Waals surface area contributed by atoms with Crippen molar-refractivity contribution >= 4 is 32.9 Å². The van der Waals surface area contributed by atoms with E-state index in [1.807, 2.05) is 31.2 Å². The van der Waals surface area contributed by atoms with E-state index < -0.39 is 0 Å². The molecule has 0 radical (unpaired) electrons. The first-order chi connectivity index (χ1) is 9.08.